The molecule has 0 saturated heterocycles. The third-order valence-corrected chi connectivity index (χ3v) is 1.54. The van der Waals surface area contributed by atoms with Crippen LogP contribution in [0.15, 0.2) is 6.33 Å². The molecule has 4 heteroatoms. The Morgan fingerprint density at radius 1 is 1.80 bits per heavy atom. The lowest BCUT2D eigenvalue weighted by atomic mass is 10.2. The minimum absolute atomic E-state index is 0.299. The van der Waals surface area contributed by atoms with Crippen molar-refractivity contribution in [3.8, 4) is 0 Å². The fraction of sp³-hybridized carbons (Fsp3) is 0.667. The van der Waals surface area contributed by atoms with Crippen molar-refractivity contribution in [1.29, 1.82) is 0 Å². The van der Waals surface area contributed by atoms with Gasteiger partial charge in [0, 0.05) is 19.5 Å². The Morgan fingerprint density at radius 2 is 2.50 bits per heavy atom. The molecule has 1 aromatic rings. The average Bonchev–Trinajstić information content (AvgIpc) is 2.34. The van der Waals surface area contributed by atoms with Crippen LogP contribution in [0.25, 0.3) is 0 Å². The van der Waals surface area contributed by atoms with E-state index < -0.39 is 0 Å². The van der Waals surface area contributed by atoms with Gasteiger partial charge in [0.2, 0.25) is 0 Å². The maximum absolute atomic E-state index is 5.45. The van der Waals surface area contributed by atoms with Crippen LogP contribution in [0.4, 0.5) is 0 Å². The molecule has 1 heterocycles. The lowest BCUT2D eigenvalue weighted by molar-refractivity contribution is 0.628. The van der Waals surface area contributed by atoms with Crippen LogP contribution in [0, 0.1) is 0 Å². The van der Waals surface area contributed by atoms with Crippen LogP contribution < -0.4 is 5.73 Å². The molecule has 4 nitrogen and oxygen atoms in total. The molecular formula is C6H12N4. The van der Waals surface area contributed by atoms with Gasteiger partial charge in [-0.3, -0.25) is 4.68 Å². The predicted octanol–water partition coefficient (Wildman–Crippen LogP) is -0.123. The second kappa shape index (κ2) is 2.79. The standard InChI is InChI=1S/C6H12N4/c1-5(3-7)6-8-4-9-10(6)2/h4-5H,3,7H2,1-2H3. The van der Waals surface area contributed by atoms with E-state index in [1.165, 1.54) is 0 Å². The van der Waals surface area contributed by atoms with Crippen molar-refractivity contribution in [2.24, 2.45) is 12.8 Å². The smallest absolute Gasteiger partial charge is 0.138 e. The lowest BCUT2D eigenvalue weighted by Crippen LogP contribution is -2.13. The Labute approximate surface area is 60.1 Å². The second-order valence-corrected chi connectivity index (χ2v) is 2.38. The fourth-order valence-electron chi connectivity index (χ4n) is 0.857. The maximum atomic E-state index is 5.45. The van der Waals surface area contributed by atoms with Crippen LogP contribution in [-0.2, 0) is 7.05 Å². The van der Waals surface area contributed by atoms with Crippen molar-refractivity contribution in [3.63, 3.8) is 0 Å². The Bertz CT molecular complexity index is 205. The number of nitrogens with two attached hydrogens (primary N) is 1. The molecule has 2 N–H and O–H groups in total. The topological polar surface area (TPSA) is 56.7 Å². The van der Waals surface area contributed by atoms with Crippen molar-refractivity contribution >= 4 is 0 Å². The van der Waals surface area contributed by atoms with E-state index in [-0.39, 0.29) is 0 Å². The summed E-state index contributed by atoms with van der Waals surface area (Å²) in [4.78, 5) is 4.06. The van der Waals surface area contributed by atoms with Crippen LogP contribution >= 0.6 is 0 Å². The summed E-state index contributed by atoms with van der Waals surface area (Å²) in [6.07, 6.45) is 1.54. The summed E-state index contributed by atoms with van der Waals surface area (Å²) in [6.45, 7) is 2.65. The first-order valence-electron chi connectivity index (χ1n) is 3.29. The molecule has 0 saturated carbocycles. The zero-order chi connectivity index (χ0) is 7.56. The molecule has 10 heavy (non-hydrogen) atoms. The van der Waals surface area contributed by atoms with E-state index in [9.17, 15) is 0 Å². The fourth-order valence-corrected chi connectivity index (χ4v) is 0.857. The highest BCUT2D eigenvalue weighted by Crippen LogP contribution is 2.07. The highest BCUT2D eigenvalue weighted by molar-refractivity contribution is 4.92. The van der Waals surface area contributed by atoms with Crippen LogP contribution in [-0.4, -0.2) is 21.3 Å². The minimum Gasteiger partial charge on any atom is -0.330 e. The van der Waals surface area contributed by atoms with Gasteiger partial charge in [-0.2, -0.15) is 5.10 Å². The van der Waals surface area contributed by atoms with Crippen molar-refractivity contribution < 1.29 is 0 Å². The van der Waals surface area contributed by atoms with E-state index in [2.05, 4.69) is 10.1 Å². The summed E-state index contributed by atoms with van der Waals surface area (Å²) in [5.74, 6) is 1.25. The van der Waals surface area contributed by atoms with Gasteiger partial charge in [0.1, 0.15) is 12.2 Å². The summed E-state index contributed by atoms with van der Waals surface area (Å²) >= 11 is 0. The molecule has 1 atom stereocenters. The molecule has 0 radical (unpaired) electrons. The minimum atomic E-state index is 0.299. The third-order valence-electron chi connectivity index (χ3n) is 1.54. The van der Waals surface area contributed by atoms with E-state index in [0.717, 1.165) is 5.82 Å². The molecule has 56 valence electrons. The molecular weight excluding hydrogens is 128 g/mol. The zero-order valence-corrected chi connectivity index (χ0v) is 6.28. The molecule has 1 aromatic heterocycles. The number of hydrogen-bond acceptors (Lipinski definition) is 3. The van der Waals surface area contributed by atoms with E-state index in [1.54, 1.807) is 11.0 Å². The average molecular weight is 140 g/mol. The van der Waals surface area contributed by atoms with Crippen molar-refractivity contribution in [2.75, 3.05) is 6.54 Å². The Balaban J connectivity index is 2.82. The summed E-state index contributed by atoms with van der Waals surface area (Å²) in [7, 11) is 1.87. The van der Waals surface area contributed by atoms with Gasteiger partial charge < -0.3 is 5.73 Å². The number of rotatable bonds is 2. The van der Waals surface area contributed by atoms with E-state index >= 15 is 0 Å². The maximum Gasteiger partial charge on any atom is 0.138 e. The van der Waals surface area contributed by atoms with Crippen molar-refractivity contribution in [1.82, 2.24) is 14.8 Å². The second-order valence-electron chi connectivity index (χ2n) is 2.38. The summed E-state index contributed by atoms with van der Waals surface area (Å²) in [5, 5.41) is 3.94. The van der Waals surface area contributed by atoms with Crippen LogP contribution in [0.1, 0.15) is 18.7 Å². The van der Waals surface area contributed by atoms with Gasteiger partial charge >= 0.3 is 0 Å². The highest BCUT2D eigenvalue weighted by Gasteiger charge is 2.07. The van der Waals surface area contributed by atoms with Gasteiger partial charge in [-0.25, -0.2) is 4.98 Å². The van der Waals surface area contributed by atoms with Crippen molar-refractivity contribution in [3.05, 3.63) is 12.2 Å². The molecule has 0 aliphatic carbocycles. The molecule has 0 spiro atoms. The molecule has 0 fully saturated rings. The number of aromatic nitrogens is 3. The van der Waals surface area contributed by atoms with E-state index in [0.29, 0.717) is 12.5 Å². The van der Waals surface area contributed by atoms with Gasteiger partial charge in [0.15, 0.2) is 0 Å². The molecule has 0 aromatic carbocycles. The summed E-state index contributed by atoms with van der Waals surface area (Å²) in [6, 6.07) is 0. The van der Waals surface area contributed by atoms with Gasteiger partial charge in [-0.15, -0.1) is 0 Å². The first-order valence-corrected chi connectivity index (χ1v) is 3.29. The molecule has 0 aliphatic rings. The first kappa shape index (κ1) is 7.21. The van der Waals surface area contributed by atoms with Gasteiger partial charge in [0.25, 0.3) is 0 Å². The van der Waals surface area contributed by atoms with Gasteiger partial charge in [0.05, 0.1) is 0 Å². The third kappa shape index (κ3) is 1.16. The zero-order valence-electron chi connectivity index (χ0n) is 6.28. The largest absolute Gasteiger partial charge is 0.330 e. The Kier molecular flexibility index (Phi) is 2.01. The number of aryl methyl sites for hydroxylation is 1. The number of nitrogens with zero attached hydrogens (tertiary/aromatic N) is 3. The molecule has 0 bridgehead atoms. The van der Waals surface area contributed by atoms with E-state index in [4.69, 9.17) is 5.73 Å². The molecule has 1 rings (SSSR count). The normalized spacial score (nSPS) is 13.5. The van der Waals surface area contributed by atoms with Crippen LogP contribution in [0.5, 0.6) is 0 Å². The summed E-state index contributed by atoms with van der Waals surface area (Å²) < 4.78 is 1.75. The predicted molar refractivity (Wildman–Crippen MR) is 38.5 cm³/mol. The molecule has 0 amide bonds. The van der Waals surface area contributed by atoms with E-state index in [1.807, 2.05) is 14.0 Å². The van der Waals surface area contributed by atoms with Crippen LogP contribution in [0.3, 0.4) is 0 Å². The SMILES string of the molecule is CC(CN)c1ncnn1C. The van der Waals surface area contributed by atoms with Crippen molar-refractivity contribution in [2.45, 2.75) is 12.8 Å². The molecule has 0 aliphatic heterocycles. The van der Waals surface area contributed by atoms with Gasteiger partial charge in [-0.05, 0) is 0 Å². The lowest BCUT2D eigenvalue weighted by Gasteiger charge is -2.05. The molecule has 1 unspecified atom stereocenters. The monoisotopic (exact) mass is 140 g/mol. The number of hydrogen-bond donors (Lipinski definition) is 1. The Hall–Kier alpha value is -0.900. The first-order chi connectivity index (χ1) is 4.75. The van der Waals surface area contributed by atoms with Crippen LogP contribution in [0.2, 0.25) is 0 Å². The van der Waals surface area contributed by atoms with Gasteiger partial charge in [-0.1, -0.05) is 6.92 Å². The quantitative estimate of drug-likeness (QED) is 0.623. The highest BCUT2D eigenvalue weighted by atomic mass is 15.3. The summed E-state index contributed by atoms with van der Waals surface area (Å²) in [5.41, 5.74) is 5.45. The Morgan fingerprint density at radius 3 is 2.90 bits per heavy atom.